The highest BCUT2D eigenvalue weighted by Crippen LogP contribution is 2.24. The minimum atomic E-state index is 1.33. The van der Waals surface area contributed by atoms with Crippen molar-refractivity contribution in [3.8, 4) is 0 Å². The molecule has 94 valence electrons. The molecule has 0 heteroatoms. The Bertz CT molecular complexity index is 178. The number of rotatable bonds is 12. The molecule has 0 amide bonds. The molecule has 0 nitrogen and oxygen atoms in total. The molecular formula is C16H30. The Morgan fingerprint density at radius 3 is 1.62 bits per heavy atom. The molecule has 0 aliphatic heterocycles. The zero-order valence-electron chi connectivity index (χ0n) is 11.3. The summed E-state index contributed by atoms with van der Waals surface area (Å²) in [6.07, 6.45) is 21.2. The van der Waals surface area contributed by atoms with E-state index in [0.29, 0.717) is 0 Å². The van der Waals surface area contributed by atoms with Crippen molar-refractivity contribution in [3.05, 3.63) is 11.6 Å². The van der Waals surface area contributed by atoms with Gasteiger partial charge in [0.1, 0.15) is 0 Å². The van der Waals surface area contributed by atoms with Gasteiger partial charge in [0, 0.05) is 0 Å². The summed E-state index contributed by atoms with van der Waals surface area (Å²) in [5.41, 5.74) is 1.72. The van der Waals surface area contributed by atoms with Crippen LogP contribution in [0.2, 0.25) is 0 Å². The molecule has 0 unspecified atom stereocenters. The average molecular weight is 222 g/mol. The lowest BCUT2D eigenvalue weighted by Crippen LogP contribution is -1.82. The molecule has 16 heavy (non-hydrogen) atoms. The van der Waals surface area contributed by atoms with Crippen LogP contribution in [0.5, 0.6) is 0 Å². The second-order valence-electron chi connectivity index (χ2n) is 5.35. The van der Waals surface area contributed by atoms with E-state index < -0.39 is 0 Å². The van der Waals surface area contributed by atoms with Gasteiger partial charge < -0.3 is 0 Å². The van der Waals surface area contributed by atoms with Crippen molar-refractivity contribution in [1.29, 1.82) is 0 Å². The second kappa shape index (κ2) is 9.93. The summed E-state index contributed by atoms with van der Waals surface area (Å²) >= 11 is 0. The van der Waals surface area contributed by atoms with Gasteiger partial charge in [0.25, 0.3) is 0 Å². The van der Waals surface area contributed by atoms with Crippen LogP contribution in [-0.2, 0) is 0 Å². The van der Waals surface area contributed by atoms with Gasteiger partial charge in [-0.05, 0) is 19.3 Å². The smallest absolute Gasteiger partial charge is 0.0136 e. The third-order valence-electron chi connectivity index (χ3n) is 3.59. The highest BCUT2D eigenvalue weighted by molar-refractivity contribution is 5.21. The van der Waals surface area contributed by atoms with Crippen molar-refractivity contribution in [2.45, 2.75) is 90.4 Å². The van der Waals surface area contributed by atoms with Gasteiger partial charge in [-0.2, -0.15) is 0 Å². The van der Waals surface area contributed by atoms with Crippen LogP contribution >= 0.6 is 0 Å². The fourth-order valence-electron chi connectivity index (χ4n) is 2.29. The molecule has 0 aromatic rings. The molecule has 0 N–H and O–H groups in total. The molecule has 0 aromatic carbocycles. The average Bonchev–Trinajstić information content (AvgIpc) is 3.10. The van der Waals surface area contributed by atoms with Crippen molar-refractivity contribution in [2.24, 2.45) is 0 Å². The van der Waals surface area contributed by atoms with Crippen LogP contribution in [0.4, 0.5) is 0 Å². The zero-order valence-corrected chi connectivity index (χ0v) is 11.3. The second-order valence-corrected chi connectivity index (χ2v) is 5.35. The minimum absolute atomic E-state index is 1.33. The van der Waals surface area contributed by atoms with E-state index >= 15 is 0 Å². The van der Waals surface area contributed by atoms with Crippen molar-refractivity contribution in [1.82, 2.24) is 0 Å². The van der Waals surface area contributed by atoms with Gasteiger partial charge in [-0.25, -0.2) is 0 Å². The molecule has 0 atom stereocenters. The first-order valence-corrected chi connectivity index (χ1v) is 7.61. The Kier molecular flexibility index (Phi) is 8.57. The van der Waals surface area contributed by atoms with Crippen molar-refractivity contribution < 1.29 is 0 Å². The van der Waals surface area contributed by atoms with Gasteiger partial charge in [0.2, 0.25) is 0 Å². The third kappa shape index (κ3) is 9.00. The Labute approximate surface area is 103 Å². The van der Waals surface area contributed by atoms with Gasteiger partial charge in [-0.1, -0.05) is 82.8 Å². The van der Waals surface area contributed by atoms with Crippen LogP contribution in [0, 0.1) is 0 Å². The summed E-state index contributed by atoms with van der Waals surface area (Å²) in [6, 6.07) is 0. The van der Waals surface area contributed by atoms with Crippen LogP contribution < -0.4 is 0 Å². The third-order valence-corrected chi connectivity index (χ3v) is 3.59. The van der Waals surface area contributed by atoms with Crippen molar-refractivity contribution >= 4 is 0 Å². The highest BCUT2D eigenvalue weighted by Gasteiger charge is 2.05. The number of allylic oxidation sites excluding steroid dienone is 2. The molecule has 0 saturated heterocycles. The van der Waals surface area contributed by atoms with Crippen LogP contribution in [0.15, 0.2) is 11.6 Å². The Balaban J connectivity index is 1.63. The maximum absolute atomic E-state index is 2.37. The molecule has 0 bridgehead atoms. The van der Waals surface area contributed by atoms with Gasteiger partial charge in [-0.3, -0.25) is 0 Å². The SMILES string of the molecule is CCCCCCCCCCCCCC1=CC1. The fourth-order valence-corrected chi connectivity index (χ4v) is 2.29. The number of hydrogen-bond acceptors (Lipinski definition) is 0. The minimum Gasteiger partial charge on any atom is -0.0810 e. The van der Waals surface area contributed by atoms with Gasteiger partial charge in [0.05, 0.1) is 0 Å². The predicted molar refractivity (Wildman–Crippen MR) is 73.8 cm³/mol. The quantitative estimate of drug-likeness (QED) is 0.280. The molecule has 0 aromatic heterocycles. The molecule has 0 heterocycles. The number of unbranched alkanes of at least 4 members (excludes halogenated alkanes) is 10. The lowest BCUT2D eigenvalue weighted by atomic mass is 10.0. The lowest BCUT2D eigenvalue weighted by molar-refractivity contribution is 0.550. The highest BCUT2D eigenvalue weighted by atomic mass is 14.1. The maximum Gasteiger partial charge on any atom is -0.0136 e. The van der Waals surface area contributed by atoms with E-state index in [9.17, 15) is 0 Å². The predicted octanol–water partition coefficient (Wildman–Crippen LogP) is 6.02. The monoisotopic (exact) mass is 222 g/mol. The van der Waals surface area contributed by atoms with Gasteiger partial charge in [-0.15, -0.1) is 0 Å². The topological polar surface area (TPSA) is 0 Å². The Hall–Kier alpha value is -0.260. The molecule has 1 rings (SSSR count). The first-order chi connectivity index (χ1) is 7.93. The van der Waals surface area contributed by atoms with Gasteiger partial charge >= 0.3 is 0 Å². The summed E-state index contributed by atoms with van der Waals surface area (Å²) in [7, 11) is 0. The first kappa shape index (κ1) is 13.8. The van der Waals surface area contributed by atoms with E-state index in [1.54, 1.807) is 5.57 Å². The largest absolute Gasteiger partial charge is 0.0810 e. The molecule has 0 saturated carbocycles. The summed E-state index contributed by atoms with van der Waals surface area (Å²) in [4.78, 5) is 0. The van der Waals surface area contributed by atoms with Crippen LogP contribution in [0.3, 0.4) is 0 Å². The lowest BCUT2D eigenvalue weighted by Gasteiger charge is -2.01. The molecule has 0 radical (unpaired) electrons. The van der Waals surface area contributed by atoms with Crippen molar-refractivity contribution in [2.75, 3.05) is 0 Å². The van der Waals surface area contributed by atoms with E-state index in [4.69, 9.17) is 0 Å². The molecule has 0 spiro atoms. The fraction of sp³-hybridized carbons (Fsp3) is 0.875. The standard InChI is InChI=1S/C16H30/c1-2-3-4-5-6-7-8-9-10-11-12-13-16-14-15-16/h14H,2-13,15H2,1H3. The van der Waals surface area contributed by atoms with Crippen LogP contribution in [0.25, 0.3) is 0 Å². The van der Waals surface area contributed by atoms with E-state index in [1.165, 1.54) is 83.5 Å². The summed E-state index contributed by atoms with van der Waals surface area (Å²) in [6.45, 7) is 2.29. The number of hydrogen-bond donors (Lipinski definition) is 0. The molecular weight excluding hydrogens is 192 g/mol. The Morgan fingerprint density at radius 2 is 1.19 bits per heavy atom. The van der Waals surface area contributed by atoms with E-state index in [2.05, 4.69) is 13.0 Å². The van der Waals surface area contributed by atoms with Crippen molar-refractivity contribution in [3.63, 3.8) is 0 Å². The summed E-state index contributed by atoms with van der Waals surface area (Å²) < 4.78 is 0. The Morgan fingerprint density at radius 1 is 0.750 bits per heavy atom. The van der Waals surface area contributed by atoms with E-state index in [1.807, 2.05) is 0 Å². The molecule has 0 fully saturated rings. The van der Waals surface area contributed by atoms with Crippen LogP contribution in [-0.4, -0.2) is 0 Å². The molecule has 1 aliphatic carbocycles. The normalized spacial score (nSPS) is 13.9. The zero-order chi connectivity index (χ0) is 11.5. The maximum atomic E-state index is 2.37. The van der Waals surface area contributed by atoms with E-state index in [0.717, 1.165) is 0 Å². The van der Waals surface area contributed by atoms with Crippen LogP contribution in [0.1, 0.15) is 90.4 Å². The molecule has 1 aliphatic rings. The summed E-state index contributed by atoms with van der Waals surface area (Å²) in [5, 5.41) is 0. The van der Waals surface area contributed by atoms with Gasteiger partial charge in [0.15, 0.2) is 0 Å². The summed E-state index contributed by atoms with van der Waals surface area (Å²) in [5.74, 6) is 0. The first-order valence-electron chi connectivity index (χ1n) is 7.61. The van der Waals surface area contributed by atoms with E-state index in [-0.39, 0.29) is 0 Å².